The molecule has 5 heterocycles. The summed E-state index contributed by atoms with van der Waals surface area (Å²) in [4.78, 5) is 15.1. The van der Waals surface area contributed by atoms with Crippen molar-refractivity contribution in [2.75, 3.05) is 19.6 Å². The average Bonchev–Trinajstić information content (AvgIpc) is 3.55. The summed E-state index contributed by atoms with van der Waals surface area (Å²) in [6, 6.07) is 13.0. The molecule has 5 aromatic rings. The van der Waals surface area contributed by atoms with Crippen molar-refractivity contribution in [1.29, 1.82) is 0 Å². The Morgan fingerprint density at radius 1 is 1.03 bits per heavy atom. The van der Waals surface area contributed by atoms with Crippen molar-refractivity contribution in [3.05, 3.63) is 90.5 Å². The molecule has 8 heteroatoms. The zero-order valence-corrected chi connectivity index (χ0v) is 21.4. The minimum Gasteiger partial charge on any atom is -0.392 e. The highest BCUT2D eigenvalue weighted by Crippen LogP contribution is 2.32. The second-order valence-electron chi connectivity index (χ2n) is 10.3. The summed E-state index contributed by atoms with van der Waals surface area (Å²) in [6.45, 7) is 5.07. The lowest BCUT2D eigenvalue weighted by atomic mass is 9.92. The van der Waals surface area contributed by atoms with Crippen molar-refractivity contribution < 1.29 is 9.50 Å². The van der Waals surface area contributed by atoms with Crippen LogP contribution in [0.5, 0.6) is 0 Å². The molecule has 1 atom stereocenters. The molecule has 1 aliphatic rings. The maximum Gasteiger partial charge on any atom is 0.137 e. The third kappa shape index (κ3) is 5.23. The summed E-state index contributed by atoms with van der Waals surface area (Å²) in [5, 5.41) is 15.2. The zero-order valence-electron chi connectivity index (χ0n) is 21.4. The summed E-state index contributed by atoms with van der Waals surface area (Å²) < 4.78 is 15.4. The summed E-state index contributed by atoms with van der Waals surface area (Å²) >= 11 is 0. The van der Waals surface area contributed by atoms with E-state index in [1.165, 1.54) is 12.1 Å². The number of aliphatic hydroxyl groups excluding tert-OH is 1. The van der Waals surface area contributed by atoms with Gasteiger partial charge in [0.25, 0.3) is 0 Å². The van der Waals surface area contributed by atoms with Gasteiger partial charge in [-0.3, -0.25) is 9.67 Å². The monoisotopic (exact) mass is 510 g/mol. The Morgan fingerprint density at radius 2 is 1.87 bits per heavy atom. The van der Waals surface area contributed by atoms with Crippen LogP contribution < -0.4 is 0 Å². The summed E-state index contributed by atoms with van der Waals surface area (Å²) in [5.74, 6) is 0.209. The summed E-state index contributed by atoms with van der Waals surface area (Å²) in [6.07, 6.45) is 11.4. The number of rotatable bonds is 7. The number of aliphatic hydroxyl groups is 1. The van der Waals surface area contributed by atoms with Gasteiger partial charge in [0.1, 0.15) is 11.5 Å². The van der Waals surface area contributed by atoms with Crippen LogP contribution in [0.15, 0.2) is 73.4 Å². The lowest BCUT2D eigenvalue weighted by Crippen LogP contribution is -2.37. The van der Waals surface area contributed by atoms with Crippen LogP contribution in [-0.4, -0.2) is 60.5 Å². The fraction of sp³-hybridized carbons (Fsp3) is 0.300. The number of H-pyrrole nitrogens is 1. The predicted molar refractivity (Wildman–Crippen MR) is 146 cm³/mol. The SMILES string of the molecule is CC(O)CN1CCC(c2ccc(-c3cnc4[nH]cc(-c5cnn(Cc6cccc(F)c6)c5)c4c3)cn2)CC1. The molecule has 4 aromatic heterocycles. The topological polar surface area (TPSA) is 82.9 Å². The van der Waals surface area contributed by atoms with Gasteiger partial charge in [-0.1, -0.05) is 18.2 Å². The Hall–Kier alpha value is -3.88. The van der Waals surface area contributed by atoms with Crippen LogP contribution in [0, 0.1) is 5.82 Å². The summed E-state index contributed by atoms with van der Waals surface area (Å²) in [7, 11) is 0. The third-order valence-electron chi connectivity index (χ3n) is 7.36. The first-order chi connectivity index (χ1) is 18.5. The first-order valence-corrected chi connectivity index (χ1v) is 13.1. The van der Waals surface area contributed by atoms with Gasteiger partial charge in [0, 0.05) is 70.6 Å². The quantitative estimate of drug-likeness (QED) is 0.313. The van der Waals surface area contributed by atoms with E-state index >= 15 is 0 Å². The number of piperidine rings is 1. The van der Waals surface area contributed by atoms with Gasteiger partial charge in [-0.15, -0.1) is 0 Å². The molecule has 1 aliphatic heterocycles. The van der Waals surface area contributed by atoms with Gasteiger partial charge >= 0.3 is 0 Å². The van der Waals surface area contributed by atoms with Crippen molar-refractivity contribution in [3.8, 4) is 22.3 Å². The number of likely N-dealkylation sites (tertiary alicyclic amines) is 1. The standard InChI is InChI=1S/C30H31FN6O/c1-20(38)17-36-9-7-22(8-10-36)29-6-5-23(13-32-29)24-12-27-28(16-34-30(27)33-14-24)25-15-35-37(19-25)18-21-3-2-4-26(31)11-21/h2-6,11-16,19-20,22,38H,7-10,17-18H2,1H3,(H,33,34). The minimum absolute atomic E-state index is 0.245. The molecule has 0 saturated carbocycles. The molecule has 0 spiro atoms. The Balaban J connectivity index is 1.19. The number of hydrogen-bond acceptors (Lipinski definition) is 5. The van der Waals surface area contributed by atoms with Crippen LogP contribution in [0.4, 0.5) is 4.39 Å². The van der Waals surface area contributed by atoms with Gasteiger partial charge in [-0.2, -0.15) is 5.10 Å². The normalized spacial score (nSPS) is 15.8. The molecular formula is C30H31FN6O. The van der Waals surface area contributed by atoms with Crippen molar-refractivity contribution >= 4 is 11.0 Å². The van der Waals surface area contributed by atoms with E-state index < -0.39 is 0 Å². The second kappa shape index (κ2) is 10.5. The molecule has 1 unspecified atom stereocenters. The highest BCUT2D eigenvalue weighted by atomic mass is 19.1. The van der Waals surface area contributed by atoms with Gasteiger partial charge in [-0.25, -0.2) is 9.37 Å². The largest absolute Gasteiger partial charge is 0.392 e. The minimum atomic E-state index is -0.285. The van der Waals surface area contributed by atoms with Crippen LogP contribution in [0.25, 0.3) is 33.3 Å². The maximum atomic E-state index is 13.6. The number of pyridine rings is 2. The molecule has 1 saturated heterocycles. The molecule has 0 bridgehead atoms. The second-order valence-corrected chi connectivity index (χ2v) is 10.3. The molecule has 6 rings (SSSR count). The van der Waals surface area contributed by atoms with Gasteiger partial charge in [0.2, 0.25) is 0 Å². The number of nitrogens with one attached hydrogen (secondary N) is 1. The van der Waals surface area contributed by atoms with E-state index in [2.05, 4.69) is 38.2 Å². The number of aromatic amines is 1. The number of nitrogens with zero attached hydrogens (tertiary/aromatic N) is 5. The number of aromatic nitrogens is 5. The number of β-amino-alcohol motifs (C(OH)–C–C–N with tert-alkyl or cyclic N) is 1. The number of benzene rings is 1. The van der Waals surface area contributed by atoms with Gasteiger partial charge in [-0.05, 0) is 62.7 Å². The van der Waals surface area contributed by atoms with Crippen LogP contribution in [0.1, 0.15) is 36.9 Å². The fourth-order valence-electron chi connectivity index (χ4n) is 5.41. The van der Waals surface area contributed by atoms with Crippen LogP contribution in [0.3, 0.4) is 0 Å². The Bertz CT molecular complexity index is 1530. The first-order valence-electron chi connectivity index (χ1n) is 13.1. The zero-order chi connectivity index (χ0) is 26.1. The Labute approximate surface area is 221 Å². The molecule has 7 nitrogen and oxygen atoms in total. The lowest BCUT2D eigenvalue weighted by molar-refractivity contribution is 0.109. The average molecular weight is 511 g/mol. The van der Waals surface area contributed by atoms with Crippen LogP contribution in [0.2, 0.25) is 0 Å². The van der Waals surface area contributed by atoms with Gasteiger partial charge < -0.3 is 15.0 Å². The molecule has 0 amide bonds. The fourth-order valence-corrected chi connectivity index (χ4v) is 5.41. The molecule has 0 aliphatic carbocycles. The van der Waals surface area contributed by atoms with E-state index in [9.17, 15) is 9.50 Å². The molecule has 38 heavy (non-hydrogen) atoms. The lowest BCUT2D eigenvalue weighted by Gasteiger charge is -2.32. The van der Waals surface area contributed by atoms with Crippen molar-refractivity contribution in [2.45, 2.75) is 38.3 Å². The highest BCUT2D eigenvalue weighted by molar-refractivity contribution is 5.95. The van der Waals surface area contributed by atoms with Crippen LogP contribution >= 0.6 is 0 Å². The molecule has 0 radical (unpaired) electrons. The summed E-state index contributed by atoms with van der Waals surface area (Å²) in [5.41, 5.74) is 6.85. The Morgan fingerprint density at radius 3 is 2.63 bits per heavy atom. The van der Waals surface area contributed by atoms with E-state index in [1.807, 2.05) is 48.7 Å². The smallest absolute Gasteiger partial charge is 0.137 e. The molecule has 1 aromatic carbocycles. The van der Waals surface area contributed by atoms with Crippen LogP contribution in [-0.2, 0) is 6.54 Å². The van der Waals surface area contributed by atoms with Gasteiger partial charge in [0.15, 0.2) is 0 Å². The molecule has 1 fully saturated rings. The molecular weight excluding hydrogens is 479 g/mol. The number of fused-ring (bicyclic) bond motifs is 1. The highest BCUT2D eigenvalue weighted by Gasteiger charge is 2.22. The maximum absolute atomic E-state index is 13.6. The number of halogens is 1. The molecule has 194 valence electrons. The Kier molecular flexibility index (Phi) is 6.74. The predicted octanol–water partition coefficient (Wildman–Crippen LogP) is 5.24. The van der Waals surface area contributed by atoms with E-state index in [0.717, 1.165) is 77.0 Å². The van der Waals surface area contributed by atoms with E-state index in [0.29, 0.717) is 12.5 Å². The van der Waals surface area contributed by atoms with E-state index in [4.69, 9.17) is 4.98 Å². The van der Waals surface area contributed by atoms with Crippen molar-refractivity contribution in [3.63, 3.8) is 0 Å². The molecule has 2 N–H and O–H groups in total. The van der Waals surface area contributed by atoms with E-state index in [1.54, 1.807) is 6.07 Å². The first kappa shape index (κ1) is 24.5. The third-order valence-corrected chi connectivity index (χ3v) is 7.36. The van der Waals surface area contributed by atoms with Gasteiger partial charge in [0.05, 0.1) is 18.8 Å². The number of hydrogen-bond donors (Lipinski definition) is 2. The van der Waals surface area contributed by atoms with Crippen molar-refractivity contribution in [1.82, 2.24) is 29.6 Å². The van der Waals surface area contributed by atoms with E-state index in [-0.39, 0.29) is 11.9 Å². The van der Waals surface area contributed by atoms with Crippen molar-refractivity contribution in [2.24, 2.45) is 0 Å².